The van der Waals surface area contributed by atoms with E-state index < -0.39 is 0 Å². The topological polar surface area (TPSA) is 74.1 Å². The number of aromatic nitrogens is 4. The first-order valence-corrected chi connectivity index (χ1v) is 9.73. The van der Waals surface area contributed by atoms with E-state index in [1.807, 2.05) is 37.3 Å². The van der Waals surface area contributed by atoms with Crippen molar-refractivity contribution in [2.75, 3.05) is 11.9 Å². The summed E-state index contributed by atoms with van der Waals surface area (Å²) in [5.41, 5.74) is 3.19. The van der Waals surface area contributed by atoms with Crippen LogP contribution in [0, 0.1) is 6.92 Å². The number of hydrogen-bond acceptors (Lipinski definition) is 6. The van der Waals surface area contributed by atoms with Gasteiger partial charge in [-0.15, -0.1) is 6.58 Å². The summed E-state index contributed by atoms with van der Waals surface area (Å²) in [4.78, 5) is 0. The van der Waals surface area contributed by atoms with Crippen LogP contribution >= 0.6 is 11.6 Å². The van der Waals surface area contributed by atoms with Crippen molar-refractivity contribution in [3.8, 4) is 11.5 Å². The molecule has 152 valence electrons. The van der Waals surface area contributed by atoms with Crippen molar-refractivity contribution >= 4 is 17.5 Å². The Morgan fingerprint density at radius 3 is 2.83 bits per heavy atom. The van der Waals surface area contributed by atoms with Gasteiger partial charge in [0.15, 0.2) is 11.5 Å². The van der Waals surface area contributed by atoms with Gasteiger partial charge in [0.1, 0.15) is 6.61 Å². The second kappa shape index (κ2) is 9.93. The fraction of sp³-hybridized carbons (Fsp3) is 0.286. The lowest BCUT2D eigenvalue weighted by Crippen LogP contribution is -2.09. The highest BCUT2D eigenvalue weighted by Crippen LogP contribution is 2.37. The summed E-state index contributed by atoms with van der Waals surface area (Å²) in [5.74, 6) is 1.70. The largest absolute Gasteiger partial charge is 0.490 e. The summed E-state index contributed by atoms with van der Waals surface area (Å²) in [7, 11) is 0. The Labute approximate surface area is 175 Å². The minimum Gasteiger partial charge on any atom is -0.490 e. The second-order valence-corrected chi connectivity index (χ2v) is 6.79. The second-order valence-electron chi connectivity index (χ2n) is 6.38. The molecule has 0 spiro atoms. The highest BCUT2D eigenvalue weighted by atomic mass is 35.5. The zero-order chi connectivity index (χ0) is 20.6. The molecule has 3 aromatic rings. The molecule has 2 aromatic carbocycles. The molecule has 0 fully saturated rings. The number of hydrogen-bond donors (Lipinski definition) is 1. The Morgan fingerprint density at radius 2 is 2.07 bits per heavy atom. The van der Waals surface area contributed by atoms with Crippen LogP contribution in [-0.2, 0) is 19.7 Å². The quantitative estimate of drug-likeness (QED) is 0.496. The highest BCUT2D eigenvalue weighted by Gasteiger charge is 2.14. The van der Waals surface area contributed by atoms with Crippen LogP contribution < -0.4 is 14.8 Å². The standard InChI is InChI=1S/C21H24ClN5O2/c1-4-10-27-21(24-25-26-27)23-13-16-11-18(22)20(19(12-16)28-5-2)29-14-17-9-7-6-8-15(17)3/h4,6-9,11-12H,1,5,10,13-14H2,2-3H3,(H,23,24,26). The van der Waals surface area contributed by atoms with Gasteiger partial charge in [-0.25, -0.2) is 4.68 Å². The van der Waals surface area contributed by atoms with E-state index in [1.165, 1.54) is 5.56 Å². The van der Waals surface area contributed by atoms with Crippen molar-refractivity contribution in [1.29, 1.82) is 0 Å². The van der Waals surface area contributed by atoms with Gasteiger partial charge in [-0.1, -0.05) is 47.0 Å². The van der Waals surface area contributed by atoms with Crippen molar-refractivity contribution in [2.45, 2.75) is 33.5 Å². The molecule has 0 aliphatic carbocycles. The molecule has 1 heterocycles. The monoisotopic (exact) mass is 413 g/mol. The Balaban J connectivity index is 1.76. The summed E-state index contributed by atoms with van der Waals surface area (Å²) in [6.45, 7) is 9.60. The lowest BCUT2D eigenvalue weighted by atomic mass is 10.1. The van der Waals surface area contributed by atoms with Crippen molar-refractivity contribution in [1.82, 2.24) is 20.2 Å². The number of halogens is 1. The first-order chi connectivity index (χ1) is 14.1. The third kappa shape index (κ3) is 5.26. The molecule has 8 heteroatoms. The highest BCUT2D eigenvalue weighted by molar-refractivity contribution is 6.32. The van der Waals surface area contributed by atoms with Gasteiger partial charge in [-0.3, -0.25) is 0 Å². The summed E-state index contributed by atoms with van der Waals surface area (Å²) in [6, 6.07) is 11.9. The molecule has 1 aromatic heterocycles. The molecule has 29 heavy (non-hydrogen) atoms. The first kappa shape index (κ1) is 20.7. The van der Waals surface area contributed by atoms with Crippen LogP contribution in [0.1, 0.15) is 23.6 Å². The smallest absolute Gasteiger partial charge is 0.243 e. The van der Waals surface area contributed by atoms with Crippen LogP contribution in [0.2, 0.25) is 5.02 Å². The predicted molar refractivity (Wildman–Crippen MR) is 113 cm³/mol. The summed E-state index contributed by atoms with van der Waals surface area (Å²) >= 11 is 6.53. The zero-order valence-corrected chi connectivity index (χ0v) is 17.3. The van der Waals surface area contributed by atoms with Gasteiger partial charge in [0.25, 0.3) is 0 Å². The normalized spacial score (nSPS) is 10.6. The number of aryl methyl sites for hydroxylation is 1. The number of ether oxygens (including phenoxy) is 2. The van der Waals surface area contributed by atoms with Crippen LogP contribution in [0.3, 0.4) is 0 Å². The molecule has 0 saturated carbocycles. The zero-order valence-electron chi connectivity index (χ0n) is 16.6. The van der Waals surface area contributed by atoms with Crippen LogP contribution in [0.25, 0.3) is 0 Å². The number of allylic oxidation sites excluding steroid dienone is 1. The molecular weight excluding hydrogens is 390 g/mol. The van der Waals surface area contributed by atoms with Gasteiger partial charge in [0.05, 0.1) is 18.2 Å². The van der Waals surface area contributed by atoms with Gasteiger partial charge < -0.3 is 14.8 Å². The summed E-state index contributed by atoms with van der Waals surface area (Å²) in [6.07, 6.45) is 1.73. The SMILES string of the molecule is C=CCn1nnnc1NCc1cc(Cl)c(OCc2ccccc2C)c(OCC)c1. The maximum atomic E-state index is 6.53. The minimum absolute atomic E-state index is 0.417. The van der Waals surface area contributed by atoms with Crippen molar-refractivity contribution in [2.24, 2.45) is 0 Å². The number of benzene rings is 2. The maximum absolute atomic E-state index is 6.53. The molecule has 0 radical (unpaired) electrons. The van der Waals surface area contributed by atoms with Crippen LogP contribution in [0.5, 0.6) is 11.5 Å². The van der Waals surface area contributed by atoms with Crippen LogP contribution in [-0.4, -0.2) is 26.8 Å². The van der Waals surface area contributed by atoms with Gasteiger partial charge in [0, 0.05) is 6.54 Å². The van der Waals surface area contributed by atoms with E-state index in [9.17, 15) is 0 Å². The Kier molecular flexibility index (Phi) is 7.08. The van der Waals surface area contributed by atoms with Crippen molar-refractivity contribution in [3.05, 3.63) is 70.8 Å². The van der Waals surface area contributed by atoms with E-state index in [1.54, 1.807) is 10.8 Å². The molecule has 3 rings (SSSR count). The number of anilines is 1. The van der Waals surface area contributed by atoms with E-state index >= 15 is 0 Å². The number of nitrogens with one attached hydrogen (secondary N) is 1. The molecule has 1 N–H and O–H groups in total. The molecule has 0 saturated heterocycles. The molecule has 0 bridgehead atoms. The van der Waals surface area contributed by atoms with Crippen LogP contribution in [0.4, 0.5) is 5.95 Å². The lowest BCUT2D eigenvalue weighted by Gasteiger charge is -2.16. The van der Waals surface area contributed by atoms with Crippen molar-refractivity contribution in [3.63, 3.8) is 0 Å². The lowest BCUT2D eigenvalue weighted by molar-refractivity contribution is 0.269. The summed E-state index contributed by atoms with van der Waals surface area (Å²) < 4.78 is 13.4. The predicted octanol–water partition coefficient (Wildman–Crippen LogP) is 4.41. The van der Waals surface area contributed by atoms with E-state index in [0.29, 0.717) is 48.8 Å². The Bertz CT molecular complexity index is 973. The third-order valence-corrected chi connectivity index (χ3v) is 4.57. The van der Waals surface area contributed by atoms with E-state index in [2.05, 4.69) is 40.4 Å². The fourth-order valence-corrected chi connectivity index (χ4v) is 3.09. The Hall–Kier alpha value is -3.06. The Morgan fingerprint density at radius 1 is 1.24 bits per heavy atom. The molecule has 0 amide bonds. The molecule has 0 aliphatic heterocycles. The van der Waals surface area contributed by atoms with Crippen molar-refractivity contribution < 1.29 is 9.47 Å². The molecule has 0 atom stereocenters. The first-order valence-electron chi connectivity index (χ1n) is 9.35. The molecule has 0 unspecified atom stereocenters. The van der Waals surface area contributed by atoms with E-state index in [4.69, 9.17) is 21.1 Å². The number of nitrogens with zero attached hydrogens (tertiary/aromatic N) is 4. The molecule has 7 nitrogen and oxygen atoms in total. The van der Waals surface area contributed by atoms with Gasteiger partial charge in [-0.2, -0.15) is 0 Å². The van der Waals surface area contributed by atoms with Gasteiger partial charge in [-0.05, 0) is 53.1 Å². The third-order valence-electron chi connectivity index (χ3n) is 4.29. The maximum Gasteiger partial charge on any atom is 0.243 e. The van der Waals surface area contributed by atoms with Crippen LogP contribution in [0.15, 0.2) is 49.1 Å². The summed E-state index contributed by atoms with van der Waals surface area (Å²) in [5, 5.41) is 15.2. The van der Waals surface area contributed by atoms with E-state index in [0.717, 1.165) is 11.1 Å². The van der Waals surface area contributed by atoms with Gasteiger partial charge >= 0.3 is 0 Å². The average Bonchev–Trinajstić information content (AvgIpc) is 3.15. The van der Waals surface area contributed by atoms with Gasteiger partial charge in [0.2, 0.25) is 5.95 Å². The average molecular weight is 414 g/mol. The molecule has 0 aliphatic rings. The number of rotatable bonds is 10. The minimum atomic E-state index is 0.417. The van der Waals surface area contributed by atoms with E-state index in [-0.39, 0.29) is 0 Å². The fourth-order valence-electron chi connectivity index (χ4n) is 2.81. The number of tetrazole rings is 1. The molecular formula is C21H24ClN5O2.